The fourth-order valence-electron chi connectivity index (χ4n) is 6.72. The molecule has 0 radical (unpaired) electrons. The molecule has 1 heterocycles. The van der Waals surface area contributed by atoms with Crippen LogP contribution in [0.2, 0.25) is 0 Å². The number of carbonyl (C=O) groups is 2. The van der Waals surface area contributed by atoms with Crippen molar-refractivity contribution in [3.05, 3.63) is 11.8 Å². The summed E-state index contributed by atoms with van der Waals surface area (Å²) < 4.78 is 5.74. The molecule has 5 heteroatoms. The molecule has 0 aromatic rings. The predicted molar refractivity (Wildman–Crippen MR) is 106 cm³/mol. The van der Waals surface area contributed by atoms with E-state index >= 15 is 0 Å². The smallest absolute Gasteiger partial charge is 0.414 e. The van der Waals surface area contributed by atoms with Crippen LogP contribution in [0.15, 0.2) is 11.8 Å². The van der Waals surface area contributed by atoms with Gasteiger partial charge in [-0.05, 0) is 75.7 Å². The first-order valence-electron chi connectivity index (χ1n) is 10.9. The second-order valence-electron chi connectivity index (χ2n) is 11.2. The number of rotatable bonds is 0. The highest BCUT2D eigenvalue weighted by atomic mass is 16.6. The molecule has 6 atom stereocenters. The van der Waals surface area contributed by atoms with Gasteiger partial charge in [-0.15, -0.1) is 0 Å². The van der Waals surface area contributed by atoms with Gasteiger partial charge in [0.25, 0.3) is 0 Å². The van der Waals surface area contributed by atoms with Crippen molar-refractivity contribution >= 4 is 11.9 Å². The molecule has 3 aliphatic carbocycles. The monoisotopic (exact) mass is 389 g/mol. The van der Waals surface area contributed by atoms with Crippen molar-refractivity contribution in [2.75, 3.05) is 6.54 Å². The van der Waals surface area contributed by atoms with Gasteiger partial charge in [-0.3, -0.25) is 9.69 Å². The fraction of sp³-hybridized carbons (Fsp3) is 0.826. The molecule has 0 aromatic heterocycles. The molecule has 0 spiro atoms. The molecule has 1 aliphatic heterocycles. The molecule has 1 unspecified atom stereocenters. The number of piperidine rings is 1. The Hall–Kier alpha value is -1.36. The zero-order chi connectivity index (χ0) is 20.5. The lowest BCUT2D eigenvalue weighted by atomic mass is 9.50. The Balaban J connectivity index is 1.73. The number of ketones is 1. The number of nitrogens with zero attached hydrogens (tertiary/aromatic N) is 1. The average molecular weight is 390 g/mol. The molecular weight excluding hydrogens is 354 g/mol. The average Bonchev–Trinajstić information content (AvgIpc) is 2.87. The summed E-state index contributed by atoms with van der Waals surface area (Å²) in [6, 6.07) is 0. The third-order valence-corrected chi connectivity index (χ3v) is 8.02. The van der Waals surface area contributed by atoms with E-state index in [1.807, 2.05) is 26.8 Å². The van der Waals surface area contributed by atoms with Crippen LogP contribution in [0.25, 0.3) is 0 Å². The van der Waals surface area contributed by atoms with Crippen LogP contribution in [0.1, 0.15) is 73.1 Å². The summed E-state index contributed by atoms with van der Waals surface area (Å²) in [6.45, 7) is 10.8. The Kier molecular flexibility index (Phi) is 4.50. The van der Waals surface area contributed by atoms with Gasteiger partial charge in [-0.2, -0.15) is 0 Å². The molecule has 1 N–H and O–H groups in total. The highest BCUT2D eigenvalue weighted by molar-refractivity contribution is 5.82. The van der Waals surface area contributed by atoms with Gasteiger partial charge in [0.15, 0.2) is 0 Å². The number of Topliss-reactive ketones (excluding diaryl/α,β-unsaturated/α-hetero) is 1. The van der Waals surface area contributed by atoms with Gasteiger partial charge in [0.1, 0.15) is 11.4 Å². The number of hydrogen-bond donors (Lipinski definition) is 1. The lowest BCUT2D eigenvalue weighted by molar-refractivity contribution is -0.118. The zero-order valence-corrected chi connectivity index (χ0v) is 18.0. The molecule has 1 saturated heterocycles. The summed E-state index contributed by atoms with van der Waals surface area (Å²) in [5.74, 6) is 1.49. The number of carbonyl (C=O) groups excluding carboxylic acids is 2. The largest absolute Gasteiger partial charge is 0.443 e. The first kappa shape index (κ1) is 19.9. The molecule has 4 rings (SSSR count). The number of fused-ring (bicyclic) bond motifs is 5. The molecule has 2 saturated carbocycles. The van der Waals surface area contributed by atoms with Crippen LogP contribution in [0, 0.1) is 28.6 Å². The number of aliphatic hydroxyl groups is 1. The SMILES string of the molecule is CC(C)(C)OC(=O)N1C[C@@H]2[C@@H](CC[C@]3(C)CC(=O)C[C@@H]23)[C@@]2(C)CCC(O)C=C12. The summed E-state index contributed by atoms with van der Waals surface area (Å²) in [6.07, 6.45) is 6.17. The Morgan fingerprint density at radius 2 is 1.93 bits per heavy atom. The molecule has 3 fully saturated rings. The quantitative estimate of drug-likeness (QED) is 0.671. The van der Waals surface area contributed by atoms with Crippen LogP contribution >= 0.6 is 0 Å². The van der Waals surface area contributed by atoms with E-state index in [1.54, 1.807) is 4.90 Å². The highest BCUT2D eigenvalue weighted by Crippen LogP contribution is 2.63. The molecule has 5 nitrogen and oxygen atoms in total. The van der Waals surface area contributed by atoms with Gasteiger partial charge in [0.05, 0.1) is 6.10 Å². The van der Waals surface area contributed by atoms with Crippen molar-refractivity contribution in [3.8, 4) is 0 Å². The van der Waals surface area contributed by atoms with Gasteiger partial charge >= 0.3 is 6.09 Å². The minimum Gasteiger partial charge on any atom is -0.443 e. The van der Waals surface area contributed by atoms with E-state index in [0.717, 1.165) is 31.4 Å². The van der Waals surface area contributed by atoms with Gasteiger partial charge in [0, 0.05) is 30.5 Å². The van der Waals surface area contributed by atoms with Crippen LogP contribution in [-0.4, -0.2) is 40.1 Å². The summed E-state index contributed by atoms with van der Waals surface area (Å²) >= 11 is 0. The van der Waals surface area contributed by atoms with E-state index in [9.17, 15) is 14.7 Å². The topological polar surface area (TPSA) is 66.8 Å². The Bertz CT molecular complexity index is 723. The number of ether oxygens (including phenoxy) is 1. The van der Waals surface area contributed by atoms with E-state index in [4.69, 9.17) is 4.74 Å². The molecule has 1 amide bonds. The minimum absolute atomic E-state index is 0.0730. The highest BCUT2D eigenvalue weighted by Gasteiger charge is 2.60. The molecule has 0 aromatic carbocycles. The summed E-state index contributed by atoms with van der Waals surface area (Å²) in [5, 5.41) is 10.3. The van der Waals surface area contributed by atoms with Gasteiger partial charge in [-0.1, -0.05) is 13.8 Å². The van der Waals surface area contributed by atoms with Crippen molar-refractivity contribution in [2.45, 2.75) is 84.8 Å². The first-order chi connectivity index (χ1) is 12.9. The molecular formula is C23H35NO4. The fourth-order valence-corrected chi connectivity index (χ4v) is 6.72. The number of aliphatic hydroxyl groups excluding tert-OH is 1. The molecule has 4 aliphatic rings. The Morgan fingerprint density at radius 3 is 2.61 bits per heavy atom. The van der Waals surface area contributed by atoms with Crippen LogP contribution in [0.5, 0.6) is 0 Å². The van der Waals surface area contributed by atoms with Crippen LogP contribution < -0.4 is 0 Å². The van der Waals surface area contributed by atoms with Crippen LogP contribution in [0.4, 0.5) is 4.79 Å². The number of allylic oxidation sites excluding steroid dienone is 1. The van der Waals surface area contributed by atoms with Gasteiger partial charge in [-0.25, -0.2) is 4.79 Å². The van der Waals surface area contributed by atoms with Gasteiger partial charge < -0.3 is 9.84 Å². The number of hydrogen-bond acceptors (Lipinski definition) is 4. The summed E-state index contributed by atoms with van der Waals surface area (Å²) in [5.41, 5.74) is 0.299. The van der Waals surface area contributed by atoms with Crippen molar-refractivity contribution < 1.29 is 19.4 Å². The van der Waals surface area contributed by atoms with Crippen molar-refractivity contribution in [3.63, 3.8) is 0 Å². The normalized spacial score (nSPS) is 43.0. The van der Waals surface area contributed by atoms with E-state index in [0.29, 0.717) is 42.9 Å². The van der Waals surface area contributed by atoms with Crippen molar-refractivity contribution in [2.24, 2.45) is 28.6 Å². The number of amides is 1. The first-order valence-corrected chi connectivity index (χ1v) is 10.9. The summed E-state index contributed by atoms with van der Waals surface area (Å²) in [4.78, 5) is 27.3. The minimum atomic E-state index is -0.567. The van der Waals surface area contributed by atoms with Crippen molar-refractivity contribution in [1.82, 2.24) is 4.90 Å². The second-order valence-corrected chi connectivity index (χ2v) is 11.2. The summed E-state index contributed by atoms with van der Waals surface area (Å²) in [7, 11) is 0. The van der Waals surface area contributed by atoms with Crippen LogP contribution in [-0.2, 0) is 9.53 Å². The van der Waals surface area contributed by atoms with E-state index in [-0.39, 0.29) is 16.9 Å². The van der Waals surface area contributed by atoms with E-state index < -0.39 is 11.7 Å². The predicted octanol–water partition coefficient (Wildman–Crippen LogP) is 4.29. The Labute approximate surface area is 168 Å². The maximum absolute atomic E-state index is 13.1. The maximum atomic E-state index is 13.1. The lowest BCUT2D eigenvalue weighted by Gasteiger charge is -2.59. The van der Waals surface area contributed by atoms with Gasteiger partial charge in [0.2, 0.25) is 0 Å². The Morgan fingerprint density at radius 1 is 1.21 bits per heavy atom. The molecule has 28 heavy (non-hydrogen) atoms. The number of likely N-dealkylation sites (tertiary alicyclic amines) is 1. The maximum Gasteiger partial charge on any atom is 0.414 e. The van der Waals surface area contributed by atoms with Crippen LogP contribution in [0.3, 0.4) is 0 Å². The zero-order valence-electron chi connectivity index (χ0n) is 18.0. The van der Waals surface area contributed by atoms with E-state index in [2.05, 4.69) is 13.8 Å². The third-order valence-electron chi connectivity index (χ3n) is 8.02. The third kappa shape index (κ3) is 3.10. The lowest BCUT2D eigenvalue weighted by Crippen LogP contribution is -2.59. The molecule has 156 valence electrons. The molecule has 0 bridgehead atoms. The van der Waals surface area contributed by atoms with E-state index in [1.165, 1.54) is 0 Å². The second kappa shape index (κ2) is 6.32. The standard InChI is InChI=1S/C23H35NO4/c1-21(2,3)28-20(27)24-13-16-17(23(5)9-6-14(25)11-19(23)24)7-8-22(4)12-15(26)10-18(16)22/h11,14,16-18,25H,6-10,12-13H2,1-5H3/t14?,16-,17-,18+,22-,23-/m1/s1. The van der Waals surface area contributed by atoms with Crippen molar-refractivity contribution in [1.29, 1.82) is 0 Å².